The molecular weight excluding hydrogens is 260 g/mol. The third-order valence-electron chi connectivity index (χ3n) is 3.32. The summed E-state index contributed by atoms with van der Waals surface area (Å²) in [6.45, 7) is 2.11. The average Bonchev–Trinajstić information content (AvgIpc) is 2.42. The lowest BCUT2D eigenvalue weighted by Crippen LogP contribution is -2.39. The molecule has 2 atom stereocenters. The number of amides is 1. The first-order valence-corrected chi connectivity index (χ1v) is 8.27. The molecule has 1 amide bonds. The Morgan fingerprint density at radius 2 is 2.26 bits per heavy atom. The largest absolute Gasteiger partial charge is 0.355 e. The van der Waals surface area contributed by atoms with Crippen LogP contribution in [0.2, 0.25) is 0 Å². The van der Waals surface area contributed by atoms with Gasteiger partial charge in [-0.3, -0.25) is 9.00 Å². The van der Waals surface area contributed by atoms with Gasteiger partial charge in [0.15, 0.2) is 0 Å². The van der Waals surface area contributed by atoms with Gasteiger partial charge < -0.3 is 10.6 Å². The Balaban J connectivity index is 1.92. The maximum atomic E-state index is 12.2. The molecule has 1 aliphatic rings. The molecule has 2 N–H and O–H groups in total. The van der Waals surface area contributed by atoms with Crippen molar-refractivity contribution in [2.45, 2.75) is 18.9 Å². The van der Waals surface area contributed by atoms with E-state index in [2.05, 4.69) is 16.7 Å². The Bertz CT molecular complexity index is 476. The van der Waals surface area contributed by atoms with E-state index in [9.17, 15) is 9.00 Å². The zero-order chi connectivity index (χ0) is 13.7. The minimum atomic E-state index is -0.785. The van der Waals surface area contributed by atoms with Crippen LogP contribution in [0.3, 0.4) is 0 Å². The second-order valence-corrected chi connectivity index (χ2v) is 6.36. The summed E-state index contributed by atoms with van der Waals surface area (Å²) in [5.74, 6) is 0.582. The van der Waals surface area contributed by atoms with Crippen molar-refractivity contribution >= 4 is 16.7 Å². The maximum absolute atomic E-state index is 12.2. The van der Waals surface area contributed by atoms with Gasteiger partial charge in [0.2, 0.25) is 5.91 Å². The molecule has 104 valence electrons. The molecule has 1 aromatic carbocycles. The van der Waals surface area contributed by atoms with Crippen molar-refractivity contribution in [1.82, 2.24) is 10.6 Å². The van der Waals surface area contributed by atoms with E-state index in [0.29, 0.717) is 18.8 Å². The van der Waals surface area contributed by atoms with Crippen LogP contribution in [0.5, 0.6) is 0 Å². The van der Waals surface area contributed by atoms with E-state index in [1.807, 2.05) is 18.2 Å². The first-order valence-electron chi connectivity index (χ1n) is 6.54. The van der Waals surface area contributed by atoms with Crippen molar-refractivity contribution in [2.24, 2.45) is 0 Å². The Morgan fingerprint density at radius 3 is 3.05 bits per heavy atom. The summed E-state index contributed by atoms with van der Waals surface area (Å²) >= 11 is 0. The molecule has 1 aromatic rings. The lowest BCUT2D eigenvalue weighted by Gasteiger charge is -2.25. The van der Waals surface area contributed by atoms with Crippen LogP contribution >= 0.6 is 0 Å². The van der Waals surface area contributed by atoms with Crippen LogP contribution in [0.4, 0.5) is 0 Å². The molecule has 2 rings (SSSR count). The fraction of sp³-hybridized carbons (Fsp3) is 0.500. The highest BCUT2D eigenvalue weighted by Gasteiger charge is 2.25. The highest BCUT2D eigenvalue weighted by atomic mass is 32.2. The summed E-state index contributed by atoms with van der Waals surface area (Å²) in [4.78, 5) is 12.2. The summed E-state index contributed by atoms with van der Waals surface area (Å²) in [5.41, 5.74) is 2.32. The summed E-state index contributed by atoms with van der Waals surface area (Å²) in [5, 5.41) is 6.21. The smallest absolute Gasteiger partial charge is 0.228 e. The fourth-order valence-electron chi connectivity index (χ4n) is 2.34. The quantitative estimate of drug-likeness (QED) is 0.783. The van der Waals surface area contributed by atoms with Crippen molar-refractivity contribution in [3.63, 3.8) is 0 Å². The van der Waals surface area contributed by atoms with E-state index in [4.69, 9.17) is 0 Å². The van der Waals surface area contributed by atoms with E-state index in [1.54, 1.807) is 6.26 Å². The Labute approximate surface area is 116 Å². The van der Waals surface area contributed by atoms with Crippen LogP contribution in [0.25, 0.3) is 0 Å². The predicted molar refractivity (Wildman–Crippen MR) is 77.4 cm³/mol. The minimum Gasteiger partial charge on any atom is -0.355 e. The Morgan fingerprint density at radius 1 is 1.47 bits per heavy atom. The average molecular weight is 280 g/mol. The molecule has 0 spiro atoms. The molecule has 2 unspecified atom stereocenters. The van der Waals surface area contributed by atoms with E-state index in [1.165, 1.54) is 5.56 Å². The van der Waals surface area contributed by atoms with Gasteiger partial charge in [0.25, 0.3) is 0 Å². The van der Waals surface area contributed by atoms with Crippen LogP contribution in [0.15, 0.2) is 24.3 Å². The van der Waals surface area contributed by atoms with Crippen LogP contribution in [0, 0.1) is 0 Å². The Kier molecular flexibility index (Phi) is 5.10. The molecule has 0 aliphatic carbocycles. The number of benzene rings is 1. The second-order valence-electron chi connectivity index (χ2n) is 4.80. The molecule has 0 bridgehead atoms. The molecule has 5 heteroatoms. The van der Waals surface area contributed by atoms with Crippen molar-refractivity contribution in [3.8, 4) is 0 Å². The van der Waals surface area contributed by atoms with E-state index >= 15 is 0 Å². The summed E-state index contributed by atoms with van der Waals surface area (Å²) in [6, 6.07) is 8.06. The SMILES string of the molecule is CS(=O)CCCNC(=O)C1CNCc2ccccc21. The molecule has 0 saturated carbocycles. The van der Waals surface area contributed by atoms with Gasteiger partial charge in [-0.1, -0.05) is 24.3 Å². The fourth-order valence-corrected chi connectivity index (χ4v) is 2.89. The maximum Gasteiger partial charge on any atom is 0.228 e. The number of nitrogens with one attached hydrogen (secondary N) is 2. The second kappa shape index (κ2) is 6.82. The third kappa shape index (κ3) is 3.88. The molecule has 0 fully saturated rings. The lowest BCUT2D eigenvalue weighted by molar-refractivity contribution is -0.122. The van der Waals surface area contributed by atoms with Gasteiger partial charge in [-0.15, -0.1) is 0 Å². The monoisotopic (exact) mass is 280 g/mol. The third-order valence-corrected chi connectivity index (χ3v) is 4.18. The van der Waals surface area contributed by atoms with Gasteiger partial charge in [-0.25, -0.2) is 0 Å². The topological polar surface area (TPSA) is 58.2 Å². The zero-order valence-corrected chi connectivity index (χ0v) is 12.0. The van der Waals surface area contributed by atoms with E-state index < -0.39 is 10.8 Å². The number of fused-ring (bicyclic) bond motifs is 1. The molecular formula is C14H20N2O2S. The van der Waals surface area contributed by atoms with Gasteiger partial charge in [-0.05, 0) is 17.5 Å². The standard InChI is InChI=1S/C14H20N2O2S/c1-19(18)8-4-7-16-14(17)13-10-15-9-11-5-2-3-6-12(11)13/h2-3,5-6,13,15H,4,7-10H2,1H3,(H,16,17). The van der Waals surface area contributed by atoms with Crippen molar-refractivity contribution in [2.75, 3.05) is 25.1 Å². The summed E-state index contributed by atoms with van der Waals surface area (Å²) in [6.07, 6.45) is 2.44. The number of hydrogen-bond donors (Lipinski definition) is 2. The molecule has 4 nitrogen and oxygen atoms in total. The summed E-state index contributed by atoms with van der Waals surface area (Å²) < 4.78 is 10.9. The number of carbonyl (C=O) groups is 1. The van der Waals surface area contributed by atoms with Crippen LogP contribution in [-0.4, -0.2) is 35.2 Å². The van der Waals surface area contributed by atoms with Crippen molar-refractivity contribution < 1.29 is 9.00 Å². The predicted octanol–water partition coefficient (Wildman–Crippen LogP) is 0.758. The first-order chi connectivity index (χ1) is 9.18. The minimum absolute atomic E-state index is 0.0570. The van der Waals surface area contributed by atoms with Gasteiger partial charge in [-0.2, -0.15) is 0 Å². The van der Waals surface area contributed by atoms with Gasteiger partial charge >= 0.3 is 0 Å². The highest BCUT2D eigenvalue weighted by molar-refractivity contribution is 7.84. The van der Waals surface area contributed by atoms with Crippen LogP contribution in [-0.2, 0) is 22.1 Å². The van der Waals surface area contributed by atoms with Crippen LogP contribution in [0.1, 0.15) is 23.5 Å². The van der Waals surface area contributed by atoms with E-state index in [0.717, 1.165) is 18.5 Å². The van der Waals surface area contributed by atoms with Gasteiger partial charge in [0.05, 0.1) is 5.92 Å². The molecule has 19 heavy (non-hydrogen) atoms. The first kappa shape index (κ1) is 14.2. The molecule has 0 saturated heterocycles. The van der Waals surface area contributed by atoms with Crippen molar-refractivity contribution in [1.29, 1.82) is 0 Å². The molecule has 1 aliphatic heterocycles. The summed E-state index contributed by atoms with van der Waals surface area (Å²) in [7, 11) is -0.785. The lowest BCUT2D eigenvalue weighted by atomic mass is 9.90. The van der Waals surface area contributed by atoms with Gasteiger partial charge in [0.1, 0.15) is 0 Å². The molecule has 0 aromatic heterocycles. The van der Waals surface area contributed by atoms with E-state index in [-0.39, 0.29) is 11.8 Å². The van der Waals surface area contributed by atoms with Gasteiger partial charge in [0, 0.05) is 42.4 Å². The number of hydrogen-bond acceptors (Lipinski definition) is 3. The molecule has 0 radical (unpaired) electrons. The molecule has 1 heterocycles. The highest BCUT2D eigenvalue weighted by Crippen LogP contribution is 2.23. The zero-order valence-electron chi connectivity index (χ0n) is 11.1. The normalized spacial score (nSPS) is 19.5. The number of carbonyl (C=O) groups excluding carboxylic acids is 1. The van der Waals surface area contributed by atoms with Crippen molar-refractivity contribution in [3.05, 3.63) is 35.4 Å². The van der Waals surface area contributed by atoms with Crippen LogP contribution < -0.4 is 10.6 Å². The Hall–Kier alpha value is -1.20. The number of rotatable bonds is 5.